The Balaban J connectivity index is 1.32. The number of nitrogens with zero attached hydrogens (tertiary/aromatic N) is 4. The van der Waals surface area contributed by atoms with Gasteiger partial charge in [-0.2, -0.15) is 4.98 Å². The third kappa shape index (κ3) is 3.58. The summed E-state index contributed by atoms with van der Waals surface area (Å²) in [5.41, 5.74) is 2.43. The second-order valence-corrected chi connectivity index (χ2v) is 7.09. The number of fused-ring (bicyclic) bond motifs is 1. The van der Waals surface area contributed by atoms with Crippen LogP contribution >= 0.6 is 0 Å². The molecule has 1 aromatic heterocycles. The van der Waals surface area contributed by atoms with Gasteiger partial charge in [0.25, 0.3) is 5.91 Å². The van der Waals surface area contributed by atoms with Gasteiger partial charge >= 0.3 is 0 Å². The summed E-state index contributed by atoms with van der Waals surface area (Å²) in [6, 6.07) is 6.16. The molecule has 7 heteroatoms. The van der Waals surface area contributed by atoms with Gasteiger partial charge in [-0.1, -0.05) is 22.9 Å². The molecule has 138 valence electrons. The van der Waals surface area contributed by atoms with E-state index in [1.165, 1.54) is 11.1 Å². The van der Waals surface area contributed by atoms with Crippen molar-refractivity contribution in [2.24, 2.45) is 0 Å². The van der Waals surface area contributed by atoms with Crippen LogP contribution in [0.5, 0.6) is 5.75 Å². The molecule has 0 spiro atoms. The summed E-state index contributed by atoms with van der Waals surface area (Å²) in [6.07, 6.45) is 1.27. The molecule has 1 amide bonds. The van der Waals surface area contributed by atoms with Gasteiger partial charge in [-0.15, -0.1) is 0 Å². The fraction of sp³-hybridized carbons (Fsp3) is 0.526. The van der Waals surface area contributed by atoms with Gasteiger partial charge in [0, 0.05) is 26.2 Å². The van der Waals surface area contributed by atoms with Crippen LogP contribution in [0.4, 0.5) is 0 Å². The van der Waals surface area contributed by atoms with Crippen molar-refractivity contribution in [2.45, 2.75) is 39.3 Å². The minimum atomic E-state index is -0.365. The van der Waals surface area contributed by atoms with Crippen LogP contribution in [-0.4, -0.2) is 58.1 Å². The molecular formula is C19H24N4O3. The highest BCUT2D eigenvalue weighted by atomic mass is 16.5. The van der Waals surface area contributed by atoms with Gasteiger partial charge in [0.15, 0.2) is 11.9 Å². The Hall–Kier alpha value is -2.41. The molecule has 1 aromatic carbocycles. The summed E-state index contributed by atoms with van der Waals surface area (Å²) in [5, 5.41) is 3.82. The Bertz CT molecular complexity index is 796. The Morgan fingerprint density at radius 3 is 2.77 bits per heavy atom. The van der Waals surface area contributed by atoms with Crippen LogP contribution in [0.25, 0.3) is 0 Å². The van der Waals surface area contributed by atoms with Crippen LogP contribution in [0.2, 0.25) is 0 Å². The second-order valence-electron chi connectivity index (χ2n) is 7.09. The van der Waals surface area contributed by atoms with E-state index in [1.807, 2.05) is 24.0 Å². The topological polar surface area (TPSA) is 71.7 Å². The molecule has 0 saturated carbocycles. The quantitative estimate of drug-likeness (QED) is 0.834. The zero-order valence-corrected chi connectivity index (χ0v) is 15.3. The molecule has 3 heterocycles. The molecule has 0 unspecified atom stereocenters. The molecule has 0 radical (unpaired) electrons. The zero-order chi connectivity index (χ0) is 18.1. The van der Waals surface area contributed by atoms with Gasteiger partial charge in [-0.25, -0.2) is 0 Å². The van der Waals surface area contributed by atoms with Crippen LogP contribution < -0.4 is 4.74 Å². The predicted molar refractivity (Wildman–Crippen MR) is 94.8 cm³/mol. The standard InChI is InChI=1S/C19H24N4O3/c1-13-3-5-16-15(11-13)4-6-17(25-16)19(24)23-9-7-22(8-10-23)12-18-20-14(2)21-26-18/h3,5,11,17H,4,6-10,12H2,1-2H3/t17-/m1/s1. The van der Waals surface area contributed by atoms with Gasteiger partial charge in [-0.05, 0) is 38.3 Å². The fourth-order valence-corrected chi connectivity index (χ4v) is 3.62. The Kier molecular flexibility index (Phi) is 4.63. The minimum absolute atomic E-state index is 0.101. The highest BCUT2D eigenvalue weighted by Gasteiger charge is 2.31. The summed E-state index contributed by atoms with van der Waals surface area (Å²) in [5.74, 6) is 2.23. The van der Waals surface area contributed by atoms with Crippen molar-refractivity contribution in [3.05, 3.63) is 41.0 Å². The number of amides is 1. The van der Waals surface area contributed by atoms with E-state index in [0.29, 0.717) is 31.3 Å². The Morgan fingerprint density at radius 1 is 1.23 bits per heavy atom. The highest BCUT2D eigenvalue weighted by molar-refractivity contribution is 5.81. The summed E-state index contributed by atoms with van der Waals surface area (Å²) in [4.78, 5) is 21.2. The first-order valence-corrected chi connectivity index (χ1v) is 9.15. The lowest BCUT2D eigenvalue weighted by Gasteiger charge is -2.36. The molecule has 2 aromatic rings. The Labute approximate surface area is 152 Å². The number of aromatic nitrogens is 2. The molecule has 0 N–H and O–H groups in total. The SMILES string of the molecule is Cc1ccc2c(c1)CC[C@H](C(=O)N1CCN(Cc3nc(C)no3)CC1)O2. The van der Waals surface area contributed by atoms with Crippen molar-refractivity contribution in [1.82, 2.24) is 19.9 Å². The first-order chi connectivity index (χ1) is 12.6. The van der Waals surface area contributed by atoms with Gasteiger partial charge in [-0.3, -0.25) is 9.69 Å². The molecule has 2 aliphatic rings. The number of piperazine rings is 1. The molecule has 1 atom stereocenters. The van der Waals surface area contributed by atoms with Crippen molar-refractivity contribution in [3.8, 4) is 5.75 Å². The average molecular weight is 356 g/mol. The molecule has 7 nitrogen and oxygen atoms in total. The van der Waals surface area contributed by atoms with Crippen molar-refractivity contribution in [1.29, 1.82) is 0 Å². The zero-order valence-electron chi connectivity index (χ0n) is 15.3. The normalized spacial score (nSPS) is 20.5. The maximum atomic E-state index is 12.8. The summed E-state index contributed by atoms with van der Waals surface area (Å²) < 4.78 is 11.2. The number of hydrogen-bond donors (Lipinski definition) is 0. The maximum Gasteiger partial charge on any atom is 0.263 e. The van der Waals surface area contributed by atoms with E-state index in [1.54, 1.807) is 0 Å². The lowest BCUT2D eigenvalue weighted by Crippen LogP contribution is -2.52. The van der Waals surface area contributed by atoms with E-state index in [0.717, 1.165) is 31.7 Å². The molecule has 4 rings (SSSR count). The number of carbonyl (C=O) groups excluding carboxylic acids is 1. The van der Waals surface area contributed by atoms with Crippen molar-refractivity contribution in [2.75, 3.05) is 26.2 Å². The van der Waals surface area contributed by atoms with E-state index < -0.39 is 0 Å². The third-order valence-electron chi connectivity index (χ3n) is 5.05. The van der Waals surface area contributed by atoms with Gasteiger partial charge in [0.2, 0.25) is 5.89 Å². The number of hydrogen-bond acceptors (Lipinski definition) is 6. The summed E-state index contributed by atoms with van der Waals surface area (Å²) in [6.45, 7) is 7.53. The first-order valence-electron chi connectivity index (χ1n) is 9.15. The first kappa shape index (κ1) is 17.0. The summed E-state index contributed by atoms with van der Waals surface area (Å²) in [7, 11) is 0. The Morgan fingerprint density at radius 2 is 2.04 bits per heavy atom. The van der Waals surface area contributed by atoms with Crippen LogP contribution in [0.1, 0.15) is 29.3 Å². The monoisotopic (exact) mass is 356 g/mol. The predicted octanol–water partition coefficient (Wildman–Crippen LogP) is 1.72. The molecule has 1 fully saturated rings. The van der Waals surface area contributed by atoms with Crippen LogP contribution in [0.3, 0.4) is 0 Å². The lowest BCUT2D eigenvalue weighted by atomic mass is 9.99. The number of ether oxygens (including phenoxy) is 1. The number of benzene rings is 1. The van der Waals surface area contributed by atoms with Crippen molar-refractivity contribution in [3.63, 3.8) is 0 Å². The van der Waals surface area contributed by atoms with Crippen LogP contribution in [0.15, 0.2) is 22.7 Å². The van der Waals surface area contributed by atoms with Crippen molar-refractivity contribution < 1.29 is 14.1 Å². The van der Waals surface area contributed by atoms with Crippen molar-refractivity contribution >= 4 is 5.91 Å². The number of carbonyl (C=O) groups is 1. The van der Waals surface area contributed by atoms with Gasteiger partial charge in [0.05, 0.1) is 6.54 Å². The van der Waals surface area contributed by atoms with Crippen LogP contribution in [0, 0.1) is 13.8 Å². The van der Waals surface area contributed by atoms with E-state index in [9.17, 15) is 4.79 Å². The van der Waals surface area contributed by atoms with E-state index in [-0.39, 0.29) is 12.0 Å². The highest BCUT2D eigenvalue weighted by Crippen LogP contribution is 2.29. The molecule has 0 aliphatic carbocycles. The van der Waals surface area contributed by atoms with Gasteiger partial charge < -0.3 is 14.2 Å². The second kappa shape index (κ2) is 7.07. The third-order valence-corrected chi connectivity index (χ3v) is 5.05. The van der Waals surface area contributed by atoms with Gasteiger partial charge in [0.1, 0.15) is 5.75 Å². The van der Waals surface area contributed by atoms with Crippen LogP contribution in [-0.2, 0) is 17.8 Å². The number of aryl methyl sites for hydroxylation is 3. The lowest BCUT2D eigenvalue weighted by molar-refractivity contribution is -0.141. The van der Waals surface area contributed by atoms with E-state index in [4.69, 9.17) is 9.26 Å². The van der Waals surface area contributed by atoms with E-state index in [2.05, 4.69) is 28.0 Å². The average Bonchev–Trinajstić information content (AvgIpc) is 3.06. The number of rotatable bonds is 3. The smallest absolute Gasteiger partial charge is 0.263 e. The molecule has 1 saturated heterocycles. The largest absolute Gasteiger partial charge is 0.480 e. The molecule has 0 bridgehead atoms. The molecule has 2 aliphatic heterocycles. The molecule has 26 heavy (non-hydrogen) atoms. The molecular weight excluding hydrogens is 332 g/mol. The minimum Gasteiger partial charge on any atom is -0.480 e. The fourth-order valence-electron chi connectivity index (χ4n) is 3.62. The summed E-state index contributed by atoms with van der Waals surface area (Å²) >= 11 is 0. The van der Waals surface area contributed by atoms with E-state index >= 15 is 0 Å². The maximum absolute atomic E-state index is 12.8.